The number of hydrogen-bond acceptors (Lipinski definition) is 3. The zero-order valence-corrected chi connectivity index (χ0v) is 11.6. The van der Waals surface area contributed by atoms with Gasteiger partial charge in [-0.3, -0.25) is 5.32 Å². The molecule has 1 N–H and O–H groups in total. The normalized spacial score (nSPS) is 24.5. The van der Waals surface area contributed by atoms with Crippen LogP contribution in [0.4, 0.5) is 0 Å². The van der Waals surface area contributed by atoms with Gasteiger partial charge in [-0.15, -0.1) is 0 Å². The van der Waals surface area contributed by atoms with Crippen LogP contribution in [-0.4, -0.2) is 36.6 Å². The zero-order chi connectivity index (χ0) is 12.7. The maximum absolute atomic E-state index is 9.25. The molecule has 1 aliphatic heterocycles. The summed E-state index contributed by atoms with van der Waals surface area (Å²) >= 11 is 0. The van der Waals surface area contributed by atoms with Crippen molar-refractivity contribution in [3.63, 3.8) is 0 Å². The number of rotatable bonds is 7. The summed E-state index contributed by atoms with van der Waals surface area (Å²) in [5.41, 5.74) is -0.347. The summed E-state index contributed by atoms with van der Waals surface area (Å²) < 4.78 is 0. The second kappa shape index (κ2) is 6.98. The molecular formula is C14H27N3. The van der Waals surface area contributed by atoms with Gasteiger partial charge in [-0.1, -0.05) is 20.3 Å². The Morgan fingerprint density at radius 2 is 2.24 bits per heavy atom. The Morgan fingerprint density at radius 1 is 1.47 bits per heavy atom. The molecule has 1 fully saturated rings. The molecule has 17 heavy (non-hydrogen) atoms. The summed E-state index contributed by atoms with van der Waals surface area (Å²) in [4.78, 5) is 2.51. The molecule has 98 valence electrons. The van der Waals surface area contributed by atoms with Crippen LogP contribution in [0.2, 0.25) is 0 Å². The van der Waals surface area contributed by atoms with Gasteiger partial charge >= 0.3 is 0 Å². The van der Waals surface area contributed by atoms with Crippen molar-refractivity contribution in [1.29, 1.82) is 5.26 Å². The van der Waals surface area contributed by atoms with Crippen molar-refractivity contribution in [2.45, 2.75) is 52.0 Å². The third-order valence-electron chi connectivity index (χ3n) is 3.89. The summed E-state index contributed by atoms with van der Waals surface area (Å²) in [6, 6.07) is 2.42. The van der Waals surface area contributed by atoms with Crippen LogP contribution in [0.15, 0.2) is 0 Å². The van der Waals surface area contributed by atoms with E-state index in [-0.39, 0.29) is 5.54 Å². The predicted octanol–water partition coefficient (Wildman–Crippen LogP) is 2.39. The van der Waals surface area contributed by atoms with Gasteiger partial charge in [0.1, 0.15) is 5.54 Å². The molecule has 1 aliphatic rings. The van der Waals surface area contributed by atoms with Crippen molar-refractivity contribution >= 4 is 0 Å². The van der Waals surface area contributed by atoms with Crippen LogP contribution in [-0.2, 0) is 0 Å². The van der Waals surface area contributed by atoms with E-state index in [1.807, 2.05) is 6.92 Å². The molecule has 0 aliphatic carbocycles. The fourth-order valence-electron chi connectivity index (χ4n) is 2.42. The van der Waals surface area contributed by atoms with E-state index in [1.165, 1.54) is 25.9 Å². The van der Waals surface area contributed by atoms with Gasteiger partial charge in [0.2, 0.25) is 0 Å². The molecule has 0 bridgehead atoms. The number of likely N-dealkylation sites (tertiary alicyclic amines) is 1. The molecule has 2 unspecified atom stereocenters. The first-order chi connectivity index (χ1) is 8.13. The minimum atomic E-state index is -0.347. The third-order valence-corrected chi connectivity index (χ3v) is 3.89. The lowest BCUT2D eigenvalue weighted by Crippen LogP contribution is -2.44. The lowest BCUT2D eigenvalue weighted by molar-refractivity contribution is 0.280. The number of nitriles is 1. The lowest BCUT2D eigenvalue weighted by Gasteiger charge is -2.26. The minimum Gasteiger partial charge on any atom is -0.303 e. The van der Waals surface area contributed by atoms with Gasteiger partial charge in [0.05, 0.1) is 6.07 Å². The molecule has 0 radical (unpaired) electrons. The van der Waals surface area contributed by atoms with E-state index in [4.69, 9.17) is 0 Å². The predicted molar refractivity (Wildman–Crippen MR) is 71.8 cm³/mol. The average Bonchev–Trinajstić information content (AvgIpc) is 2.82. The van der Waals surface area contributed by atoms with Crippen LogP contribution in [0.25, 0.3) is 0 Å². The van der Waals surface area contributed by atoms with Gasteiger partial charge in [0.15, 0.2) is 0 Å². The molecule has 0 saturated carbocycles. The first kappa shape index (κ1) is 14.5. The maximum atomic E-state index is 9.25. The van der Waals surface area contributed by atoms with Crippen molar-refractivity contribution in [2.75, 3.05) is 26.2 Å². The first-order valence-electron chi connectivity index (χ1n) is 7.02. The molecule has 0 spiro atoms. The fourth-order valence-corrected chi connectivity index (χ4v) is 2.42. The van der Waals surface area contributed by atoms with Gasteiger partial charge in [-0.05, 0) is 45.2 Å². The van der Waals surface area contributed by atoms with E-state index < -0.39 is 0 Å². The van der Waals surface area contributed by atoms with Gasteiger partial charge in [-0.25, -0.2) is 0 Å². The van der Waals surface area contributed by atoms with Crippen LogP contribution in [0.5, 0.6) is 0 Å². The maximum Gasteiger partial charge on any atom is 0.105 e. The van der Waals surface area contributed by atoms with Crippen LogP contribution < -0.4 is 5.32 Å². The number of nitrogens with zero attached hydrogens (tertiary/aromatic N) is 2. The van der Waals surface area contributed by atoms with E-state index in [2.05, 4.69) is 30.1 Å². The Bertz CT molecular complexity index is 259. The highest BCUT2D eigenvalue weighted by molar-refractivity contribution is 5.04. The molecule has 0 aromatic carbocycles. The van der Waals surface area contributed by atoms with Gasteiger partial charge in [-0.2, -0.15) is 5.26 Å². The number of nitrogens with one attached hydrogen (secondary N) is 1. The quantitative estimate of drug-likeness (QED) is 0.739. The van der Waals surface area contributed by atoms with Crippen molar-refractivity contribution in [1.82, 2.24) is 10.2 Å². The molecule has 0 aromatic heterocycles. The largest absolute Gasteiger partial charge is 0.303 e. The van der Waals surface area contributed by atoms with Crippen molar-refractivity contribution in [3.05, 3.63) is 0 Å². The van der Waals surface area contributed by atoms with Crippen molar-refractivity contribution in [2.24, 2.45) is 5.92 Å². The van der Waals surface area contributed by atoms with E-state index >= 15 is 0 Å². The molecule has 1 saturated heterocycles. The first-order valence-corrected chi connectivity index (χ1v) is 7.02. The molecular weight excluding hydrogens is 210 g/mol. The summed E-state index contributed by atoms with van der Waals surface area (Å²) in [5.74, 6) is 0.881. The van der Waals surface area contributed by atoms with E-state index in [0.29, 0.717) is 0 Å². The molecule has 0 aromatic rings. The monoisotopic (exact) mass is 237 g/mol. The van der Waals surface area contributed by atoms with Crippen LogP contribution in [0, 0.1) is 17.2 Å². The summed E-state index contributed by atoms with van der Waals surface area (Å²) in [7, 11) is 0. The standard InChI is InChI=1S/C14H27N3/c1-4-8-16-14(3,12-15)7-10-17-9-6-13(5-2)11-17/h13,16H,4-11H2,1-3H3. The Morgan fingerprint density at radius 3 is 2.76 bits per heavy atom. The van der Waals surface area contributed by atoms with E-state index in [1.54, 1.807) is 0 Å². The third kappa shape index (κ3) is 4.65. The van der Waals surface area contributed by atoms with Crippen molar-refractivity contribution in [3.8, 4) is 6.07 Å². The van der Waals surface area contributed by atoms with Crippen molar-refractivity contribution < 1.29 is 0 Å². The highest BCUT2D eigenvalue weighted by Gasteiger charge is 2.26. The summed E-state index contributed by atoms with van der Waals surface area (Å²) in [6.07, 6.45) is 4.64. The Kier molecular flexibility index (Phi) is 5.94. The fraction of sp³-hybridized carbons (Fsp3) is 0.929. The van der Waals surface area contributed by atoms with E-state index in [9.17, 15) is 5.26 Å². The van der Waals surface area contributed by atoms with E-state index in [0.717, 1.165) is 31.8 Å². The molecule has 3 nitrogen and oxygen atoms in total. The number of hydrogen-bond donors (Lipinski definition) is 1. The summed E-state index contributed by atoms with van der Waals surface area (Å²) in [5, 5.41) is 12.6. The zero-order valence-electron chi connectivity index (χ0n) is 11.6. The SMILES string of the molecule is CCCNC(C)(C#N)CCN1CCC(CC)C1. The molecule has 1 rings (SSSR count). The molecule has 1 heterocycles. The molecule has 3 heteroatoms. The summed E-state index contributed by atoms with van der Waals surface area (Å²) in [6.45, 7) is 10.9. The van der Waals surface area contributed by atoms with Gasteiger partial charge in [0.25, 0.3) is 0 Å². The van der Waals surface area contributed by atoms with Gasteiger partial charge in [0, 0.05) is 13.1 Å². The lowest BCUT2D eigenvalue weighted by atomic mass is 9.99. The Labute approximate surface area is 106 Å². The second-order valence-electron chi connectivity index (χ2n) is 5.48. The smallest absolute Gasteiger partial charge is 0.105 e. The van der Waals surface area contributed by atoms with Crippen LogP contribution in [0.3, 0.4) is 0 Å². The Hall–Kier alpha value is -0.590. The second-order valence-corrected chi connectivity index (χ2v) is 5.48. The van der Waals surface area contributed by atoms with Gasteiger partial charge < -0.3 is 4.90 Å². The minimum absolute atomic E-state index is 0.347. The molecule has 0 amide bonds. The van der Waals surface area contributed by atoms with Crippen LogP contribution >= 0.6 is 0 Å². The average molecular weight is 237 g/mol. The molecule has 2 atom stereocenters. The highest BCUT2D eigenvalue weighted by atomic mass is 15.1. The highest BCUT2D eigenvalue weighted by Crippen LogP contribution is 2.20. The topological polar surface area (TPSA) is 39.1 Å². The van der Waals surface area contributed by atoms with Crippen LogP contribution in [0.1, 0.15) is 46.5 Å². The Balaban J connectivity index is 2.31.